The summed E-state index contributed by atoms with van der Waals surface area (Å²) in [5.41, 5.74) is 0.655. The minimum absolute atomic E-state index is 0.0599. The second-order valence-electron chi connectivity index (χ2n) is 5.45. The summed E-state index contributed by atoms with van der Waals surface area (Å²) in [7, 11) is 0. The van der Waals surface area contributed by atoms with Gasteiger partial charge in [0.25, 0.3) is 0 Å². The molecule has 1 aliphatic carbocycles. The first kappa shape index (κ1) is 16.4. The van der Waals surface area contributed by atoms with Crippen molar-refractivity contribution < 1.29 is 4.39 Å². The van der Waals surface area contributed by atoms with Gasteiger partial charge in [-0.2, -0.15) is 11.8 Å². The Morgan fingerprint density at radius 2 is 2.00 bits per heavy atom. The molecule has 0 aliphatic heterocycles. The van der Waals surface area contributed by atoms with Gasteiger partial charge in [0, 0.05) is 27.9 Å². The minimum Gasteiger partial charge on any atom is -0.309 e. The smallest absolute Gasteiger partial charge is 0.142 e. The van der Waals surface area contributed by atoms with Gasteiger partial charge in [-0.3, -0.25) is 0 Å². The summed E-state index contributed by atoms with van der Waals surface area (Å²) in [6.45, 7) is 2.88. The maximum absolute atomic E-state index is 13.6. The van der Waals surface area contributed by atoms with Crippen LogP contribution < -0.4 is 5.32 Å². The van der Waals surface area contributed by atoms with Gasteiger partial charge in [0.1, 0.15) is 5.82 Å². The summed E-state index contributed by atoms with van der Waals surface area (Å²) in [5, 5.41) is 4.13. The Balaban J connectivity index is 2.09. The first-order valence-corrected chi connectivity index (χ1v) is 8.89. The molecule has 2 rings (SSSR count). The van der Waals surface area contributed by atoms with Crippen molar-refractivity contribution >= 4 is 35.0 Å². The summed E-state index contributed by atoms with van der Waals surface area (Å²) < 4.78 is 13.9. The molecule has 1 aromatic carbocycles. The molecule has 0 heterocycles. The van der Waals surface area contributed by atoms with Gasteiger partial charge in [-0.05, 0) is 38.2 Å². The summed E-state index contributed by atoms with van der Waals surface area (Å²) in [6, 6.07) is 2.81. The Morgan fingerprint density at radius 1 is 1.35 bits per heavy atom. The fraction of sp³-hybridized carbons (Fsp3) is 0.600. The van der Waals surface area contributed by atoms with Crippen LogP contribution in [0.4, 0.5) is 4.39 Å². The van der Waals surface area contributed by atoms with E-state index in [1.807, 2.05) is 18.7 Å². The van der Waals surface area contributed by atoms with Gasteiger partial charge < -0.3 is 5.32 Å². The van der Waals surface area contributed by atoms with Crippen LogP contribution in [0.5, 0.6) is 0 Å². The predicted molar refractivity (Wildman–Crippen MR) is 87.6 cm³/mol. The average molecular weight is 336 g/mol. The van der Waals surface area contributed by atoms with Crippen molar-refractivity contribution in [1.82, 2.24) is 5.32 Å². The molecule has 0 radical (unpaired) electrons. The van der Waals surface area contributed by atoms with Crippen molar-refractivity contribution in [2.45, 2.75) is 43.4 Å². The van der Waals surface area contributed by atoms with E-state index >= 15 is 0 Å². The maximum Gasteiger partial charge on any atom is 0.142 e. The Kier molecular flexibility index (Phi) is 5.63. The second-order valence-corrected chi connectivity index (χ2v) is 7.51. The van der Waals surface area contributed by atoms with E-state index in [1.54, 1.807) is 6.07 Å². The van der Waals surface area contributed by atoms with Crippen molar-refractivity contribution in [3.8, 4) is 0 Å². The fourth-order valence-electron chi connectivity index (χ4n) is 2.85. The highest BCUT2D eigenvalue weighted by atomic mass is 35.5. The van der Waals surface area contributed by atoms with Gasteiger partial charge in [-0.1, -0.05) is 36.0 Å². The molecule has 1 N–H and O–H groups in total. The molecule has 0 aromatic heterocycles. The van der Waals surface area contributed by atoms with E-state index in [-0.39, 0.29) is 11.1 Å². The van der Waals surface area contributed by atoms with Gasteiger partial charge in [0.15, 0.2) is 0 Å². The number of thioether (sulfide) groups is 1. The Labute approximate surface area is 134 Å². The normalized spacial score (nSPS) is 19.2. The maximum atomic E-state index is 13.6. The molecular weight excluding hydrogens is 316 g/mol. The Morgan fingerprint density at radius 3 is 2.60 bits per heavy atom. The quantitative estimate of drug-likeness (QED) is 0.717. The van der Waals surface area contributed by atoms with E-state index in [0.29, 0.717) is 15.3 Å². The third-order valence-electron chi connectivity index (χ3n) is 4.19. The number of benzene rings is 1. The van der Waals surface area contributed by atoms with E-state index in [4.69, 9.17) is 23.2 Å². The number of nitrogens with one attached hydrogen (secondary N) is 1. The Bertz CT molecular complexity index is 475. The van der Waals surface area contributed by atoms with Crippen LogP contribution in [0.2, 0.25) is 10.0 Å². The first-order valence-electron chi connectivity index (χ1n) is 6.91. The van der Waals surface area contributed by atoms with Crippen molar-refractivity contribution in [3.63, 3.8) is 0 Å². The predicted octanol–water partition coefficient (Wildman–Crippen LogP) is 5.46. The summed E-state index contributed by atoms with van der Waals surface area (Å²) in [6.07, 6.45) is 7.22. The molecule has 0 saturated heterocycles. The van der Waals surface area contributed by atoms with Crippen LogP contribution >= 0.6 is 35.0 Å². The molecule has 1 aromatic rings. The molecule has 1 aliphatic rings. The Hall–Kier alpha value is 0.0400. The van der Waals surface area contributed by atoms with Gasteiger partial charge in [0.2, 0.25) is 0 Å². The van der Waals surface area contributed by atoms with Crippen LogP contribution in [0.15, 0.2) is 12.1 Å². The number of hydrogen-bond donors (Lipinski definition) is 1. The van der Waals surface area contributed by atoms with Crippen LogP contribution in [-0.2, 0) is 0 Å². The molecule has 1 nitrogen and oxygen atoms in total. The lowest BCUT2D eigenvalue weighted by atomic mass is 10.0. The topological polar surface area (TPSA) is 12.0 Å². The summed E-state index contributed by atoms with van der Waals surface area (Å²) in [4.78, 5) is 0. The molecule has 0 bridgehead atoms. The zero-order chi connectivity index (χ0) is 14.8. The number of hydrogen-bond acceptors (Lipinski definition) is 2. The molecule has 112 valence electrons. The fourth-order valence-corrected chi connectivity index (χ4v) is 4.48. The first-order chi connectivity index (χ1) is 9.49. The monoisotopic (exact) mass is 335 g/mol. The van der Waals surface area contributed by atoms with Crippen molar-refractivity contribution in [1.29, 1.82) is 0 Å². The lowest BCUT2D eigenvalue weighted by Gasteiger charge is -2.29. The molecule has 1 atom stereocenters. The number of halogens is 3. The highest BCUT2D eigenvalue weighted by molar-refractivity contribution is 8.00. The van der Waals surface area contributed by atoms with Crippen LogP contribution in [0.25, 0.3) is 0 Å². The third-order valence-corrected chi connectivity index (χ3v) is 6.32. The molecule has 20 heavy (non-hydrogen) atoms. The zero-order valence-corrected chi connectivity index (χ0v) is 14.1. The SMILES string of the molecule is CSC1(CNC(C)c2c(Cl)ccc(F)c2Cl)CCCC1. The van der Waals surface area contributed by atoms with Crippen LogP contribution in [0, 0.1) is 5.82 Å². The van der Waals surface area contributed by atoms with E-state index < -0.39 is 5.82 Å². The second kappa shape index (κ2) is 6.87. The standard InChI is InChI=1S/C15H20Cl2FNS/c1-10(13-11(16)5-6-12(18)14(13)17)19-9-15(20-2)7-3-4-8-15/h5-6,10,19H,3-4,7-9H2,1-2H3. The molecule has 5 heteroatoms. The molecular formula is C15H20Cl2FNS. The summed E-state index contributed by atoms with van der Waals surface area (Å²) in [5.74, 6) is -0.417. The van der Waals surface area contributed by atoms with Crippen molar-refractivity contribution in [3.05, 3.63) is 33.6 Å². The molecule has 0 amide bonds. The van der Waals surface area contributed by atoms with Gasteiger partial charge in [0.05, 0.1) is 5.02 Å². The average Bonchev–Trinajstić information content (AvgIpc) is 2.91. The minimum atomic E-state index is -0.417. The van der Waals surface area contributed by atoms with Crippen molar-refractivity contribution in [2.24, 2.45) is 0 Å². The van der Waals surface area contributed by atoms with E-state index in [0.717, 1.165) is 6.54 Å². The highest BCUT2D eigenvalue weighted by Crippen LogP contribution is 2.40. The number of rotatable bonds is 5. The summed E-state index contributed by atoms with van der Waals surface area (Å²) >= 11 is 14.1. The zero-order valence-electron chi connectivity index (χ0n) is 11.8. The molecule has 1 unspecified atom stereocenters. The van der Waals surface area contributed by atoms with E-state index in [9.17, 15) is 4.39 Å². The third kappa shape index (κ3) is 3.44. The molecule has 1 saturated carbocycles. The van der Waals surface area contributed by atoms with Crippen LogP contribution in [0.3, 0.4) is 0 Å². The van der Waals surface area contributed by atoms with Gasteiger partial charge in [-0.25, -0.2) is 4.39 Å². The van der Waals surface area contributed by atoms with E-state index in [1.165, 1.54) is 31.7 Å². The van der Waals surface area contributed by atoms with Crippen molar-refractivity contribution in [2.75, 3.05) is 12.8 Å². The lowest BCUT2D eigenvalue weighted by molar-refractivity contribution is 0.485. The van der Waals surface area contributed by atoms with Gasteiger partial charge >= 0.3 is 0 Å². The molecule has 0 spiro atoms. The van der Waals surface area contributed by atoms with Gasteiger partial charge in [-0.15, -0.1) is 0 Å². The van der Waals surface area contributed by atoms with E-state index in [2.05, 4.69) is 11.6 Å². The van der Waals surface area contributed by atoms with Crippen LogP contribution in [0.1, 0.15) is 44.2 Å². The highest BCUT2D eigenvalue weighted by Gasteiger charge is 2.33. The molecule has 1 fully saturated rings. The largest absolute Gasteiger partial charge is 0.309 e. The lowest BCUT2D eigenvalue weighted by Crippen LogP contribution is -2.36. The van der Waals surface area contributed by atoms with Crippen LogP contribution in [-0.4, -0.2) is 17.5 Å².